The van der Waals surface area contributed by atoms with E-state index in [9.17, 15) is 0 Å². The van der Waals surface area contributed by atoms with Crippen LogP contribution in [0.25, 0.3) is 0 Å². The molecule has 2 aliphatic heterocycles. The maximum atomic E-state index is 6.06. The Hall–Kier alpha value is -0.880. The van der Waals surface area contributed by atoms with Crippen LogP contribution in [0.1, 0.15) is 17.0 Å². The molecule has 1 atom stereocenters. The van der Waals surface area contributed by atoms with E-state index in [1.54, 1.807) is 0 Å². The van der Waals surface area contributed by atoms with Gasteiger partial charge in [-0.25, -0.2) is 0 Å². The van der Waals surface area contributed by atoms with E-state index in [4.69, 9.17) is 4.74 Å². The Labute approximate surface area is 139 Å². The number of pyridine rings is 1. The van der Waals surface area contributed by atoms with E-state index in [0.717, 1.165) is 18.0 Å². The Morgan fingerprint density at radius 1 is 1.27 bits per heavy atom. The maximum Gasteiger partial charge on any atom is 0.0892 e. The Morgan fingerprint density at radius 3 is 3.00 bits per heavy atom. The first-order valence-electron chi connectivity index (χ1n) is 7.72. The number of rotatable bonds is 5. The second kappa shape index (κ2) is 6.32. The van der Waals surface area contributed by atoms with Crippen LogP contribution in [0, 0.1) is 0 Å². The Morgan fingerprint density at radius 2 is 2.23 bits per heavy atom. The highest BCUT2D eigenvalue weighted by atomic mass is 32.2. The molecule has 4 heterocycles. The zero-order valence-corrected chi connectivity index (χ0v) is 14.1. The van der Waals surface area contributed by atoms with Crippen LogP contribution in [0.3, 0.4) is 0 Å². The Balaban J connectivity index is 1.23. The van der Waals surface area contributed by atoms with E-state index in [1.807, 2.05) is 35.7 Å². The van der Waals surface area contributed by atoms with Crippen molar-refractivity contribution in [3.8, 4) is 0 Å². The van der Waals surface area contributed by atoms with Crippen molar-refractivity contribution in [1.29, 1.82) is 0 Å². The van der Waals surface area contributed by atoms with Crippen LogP contribution in [0.15, 0.2) is 41.9 Å². The van der Waals surface area contributed by atoms with Crippen LogP contribution in [0.2, 0.25) is 0 Å². The highest BCUT2D eigenvalue weighted by Gasteiger charge is 2.49. The first-order chi connectivity index (χ1) is 10.8. The van der Waals surface area contributed by atoms with Crippen molar-refractivity contribution in [2.45, 2.75) is 30.4 Å². The van der Waals surface area contributed by atoms with Crippen LogP contribution in [-0.4, -0.2) is 39.6 Å². The number of aromatic nitrogens is 1. The molecule has 4 rings (SSSR count). The summed E-state index contributed by atoms with van der Waals surface area (Å²) < 4.78 is 6.51. The van der Waals surface area contributed by atoms with E-state index in [-0.39, 0.29) is 0 Å². The average Bonchev–Trinajstić information content (AvgIpc) is 3.16. The zero-order chi connectivity index (χ0) is 14.8. The molecule has 0 aliphatic carbocycles. The number of nitrogens with zero attached hydrogens (tertiary/aromatic N) is 2. The van der Waals surface area contributed by atoms with Crippen molar-refractivity contribution >= 4 is 23.1 Å². The van der Waals surface area contributed by atoms with Crippen LogP contribution in [0.4, 0.5) is 0 Å². The van der Waals surface area contributed by atoms with E-state index in [1.165, 1.54) is 24.4 Å². The number of ether oxygens (including phenoxy) is 1. The second-order valence-corrected chi connectivity index (χ2v) is 8.70. The first-order valence-corrected chi connectivity index (χ1v) is 9.58. The molecule has 0 saturated carbocycles. The van der Waals surface area contributed by atoms with Crippen molar-refractivity contribution in [2.24, 2.45) is 0 Å². The monoisotopic (exact) mass is 332 g/mol. The lowest BCUT2D eigenvalue weighted by molar-refractivity contribution is 0.0253. The molecule has 0 amide bonds. The lowest BCUT2D eigenvalue weighted by atomic mass is 9.93. The predicted octanol–water partition coefficient (Wildman–Crippen LogP) is 3.42. The molecule has 22 heavy (non-hydrogen) atoms. The summed E-state index contributed by atoms with van der Waals surface area (Å²) in [4.78, 5) is 8.35. The summed E-state index contributed by atoms with van der Waals surface area (Å²) in [6.07, 6.45) is 3.40. The summed E-state index contributed by atoms with van der Waals surface area (Å²) in [5.74, 6) is 1.12. The smallest absolute Gasteiger partial charge is 0.0892 e. The summed E-state index contributed by atoms with van der Waals surface area (Å²) in [7, 11) is 0. The van der Waals surface area contributed by atoms with Crippen molar-refractivity contribution in [2.75, 3.05) is 18.8 Å². The molecule has 5 heteroatoms. The van der Waals surface area contributed by atoms with Crippen molar-refractivity contribution in [3.05, 3.63) is 52.5 Å². The number of thioether (sulfide) groups is 1. The molecular weight excluding hydrogens is 312 g/mol. The van der Waals surface area contributed by atoms with Crippen molar-refractivity contribution in [3.63, 3.8) is 0 Å². The van der Waals surface area contributed by atoms with Gasteiger partial charge in [-0.2, -0.15) is 0 Å². The van der Waals surface area contributed by atoms with E-state index in [2.05, 4.69) is 39.2 Å². The molecule has 0 bridgehead atoms. The van der Waals surface area contributed by atoms with Gasteiger partial charge < -0.3 is 4.74 Å². The third-order valence-corrected chi connectivity index (χ3v) is 6.79. The third-order valence-electron chi connectivity index (χ3n) is 4.35. The van der Waals surface area contributed by atoms with Crippen molar-refractivity contribution in [1.82, 2.24) is 9.88 Å². The highest BCUT2D eigenvalue weighted by Crippen LogP contribution is 2.46. The molecular formula is C17H20N2OS2. The Bertz CT molecular complexity index is 596. The fourth-order valence-corrected chi connectivity index (χ4v) is 5.67. The summed E-state index contributed by atoms with van der Waals surface area (Å²) in [6, 6.07) is 10.4. The number of hydrogen-bond donors (Lipinski definition) is 0. The van der Waals surface area contributed by atoms with Gasteiger partial charge in [0.1, 0.15) is 0 Å². The molecule has 2 saturated heterocycles. The van der Waals surface area contributed by atoms with Gasteiger partial charge in [0.25, 0.3) is 0 Å². The molecule has 2 aliphatic rings. The van der Waals surface area contributed by atoms with Gasteiger partial charge >= 0.3 is 0 Å². The summed E-state index contributed by atoms with van der Waals surface area (Å²) in [6.45, 7) is 4.17. The van der Waals surface area contributed by atoms with E-state index >= 15 is 0 Å². The third kappa shape index (κ3) is 3.23. The second-order valence-electron chi connectivity index (χ2n) is 6.18. The predicted molar refractivity (Wildman–Crippen MR) is 92.2 cm³/mol. The summed E-state index contributed by atoms with van der Waals surface area (Å²) >= 11 is 3.97. The molecule has 2 fully saturated rings. The largest absolute Gasteiger partial charge is 0.371 e. The van der Waals surface area contributed by atoms with E-state index in [0.29, 0.717) is 17.5 Å². The molecule has 0 unspecified atom stereocenters. The van der Waals surface area contributed by atoms with Gasteiger partial charge in [-0.3, -0.25) is 9.88 Å². The normalized spacial score (nSPS) is 23.7. The first kappa shape index (κ1) is 14.7. The number of thiophene rings is 1. The topological polar surface area (TPSA) is 25.4 Å². The molecule has 0 aromatic carbocycles. The minimum atomic E-state index is 0.385. The highest BCUT2D eigenvalue weighted by molar-refractivity contribution is 8.01. The summed E-state index contributed by atoms with van der Waals surface area (Å²) in [5, 5.41) is 2.16. The van der Waals surface area contributed by atoms with Crippen LogP contribution in [-0.2, 0) is 17.9 Å². The SMILES string of the molecule is c1ccc(CO[C@@H]2CSC3(C2)CN(Cc2cccs2)C3)nc1. The van der Waals surface area contributed by atoms with Gasteiger partial charge in [-0.15, -0.1) is 23.1 Å². The van der Waals surface area contributed by atoms with E-state index < -0.39 is 0 Å². The molecule has 2 aromatic rings. The standard InChI is InChI=1S/C17H20N2OS2/c1-2-6-18-14(4-1)10-20-15-8-17(22-11-15)12-19(13-17)9-16-5-3-7-21-16/h1-7,15H,8-13H2/t15-/m0/s1. The molecule has 116 valence electrons. The van der Waals surface area contributed by atoms with Gasteiger partial charge in [0.15, 0.2) is 0 Å². The molecule has 0 N–H and O–H groups in total. The molecule has 3 nitrogen and oxygen atoms in total. The van der Waals surface area contributed by atoms with Gasteiger partial charge in [-0.05, 0) is 30.0 Å². The number of likely N-dealkylation sites (tertiary alicyclic amines) is 1. The maximum absolute atomic E-state index is 6.06. The van der Waals surface area contributed by atoms with Crippen LogP contribution in [0.5, 0.6) is 0 Å². The minimum Gasteiger partial charge on any atom is -0.371 e. The average molecular weight is 332 g/mol. The van der Waals surface area contributed by atoms with Crippen LogP contribution >= 0.6 is 23.1 Å². The van der Waals surface area contributed by atoms with Gasteiger partial charge in [0.2, 0.25) is 0 Å². The van der Waals surface area contributed by atoms with Gasteiger partial charge in [0.05, 0.1) is 18.4 Å². The van der Waals surface area contributed by atoms with Crippen LogP contribution < -0.4 is 0 Å². The van der Waals surface area contributed by atoms with Gasteiger partial charge in [0, 0.05) is 41.2 Å². The fourth-order valence-electron chi connectivity index (χ4n) is 3.32. The summed E-state index contributed by atoms with van der Waals surface area (Å²) in [5.41, 5.74) is 1.03. The quantitative estimate of drug-likeness (QED) is 0.838. The fraction of sp³-hybridized carbons (Fsp3) is 0.471. The lowest BCUT2D eigenvalue weighted by Crippen LogP contribution is -2.58. The zero-order valence-electron chi connectivity index (χ0n) is 12.5. The molecule has 0 radical (unpaired) electrons. The number of hydrogen-bond acceptors (Lipinski definition) is 5. The van der Waals surface area contributed by atoms with Crippen molar-refractivity contribution < 1.29 is 4.74 Å². The van der Waals surface area contributed by atoms with Gasteiger partial charge in [-0.1, -0.05) is 12.1 Å². The minimum absolute atomic E-state index is 0.385. The molecule has 1 spiro atoms. The Kier molecular flexibility index (Phi) is 4.22. The molecule has 2 aromatic heterocycles. The lowest BCUT2D eigenvalue weighted by Gasteiger charge is -2.47.